The quantitative estimate of drug-likeness (QED) is 0.485. The molecule has 31 heavy (non-hydrogen) atoms. The van der Waals surface area contributed by atoms with E-state index in [9.17, 15) is 0 Å². The number of benzene rings is 1. The number of nitrogens with zero attached hydrogens (tertiary/aromatic N) is 5. The van der Waals surface area contributed by atoms with Crippen LogP contribution in [0.5, 0.6) is 5.75 Å². The van der Waals surface area contributed by atoms with Crippen molar-refractivity contribution in [2.24, 2.45) is 0 Å². The summed E-state index contributed by atoms with van der Waals surface area (Å²) in [6.45, 7) is 4.57. The SMILES string of the molecule is CCn1cnc2c(-c3cccc(Cl)c3)nc(-c3nonc3N)c(OC3CCNCC3)c21. The first kappa shape index (κ1) is 19.8. The van der Waals surface area contributed by atoms with Crippen LogP contribution in [0.4, 0.5) is 5.82 Å². The van der Waals surface area contributed by atoms with Gasteiger partial charge >= 0.3 is 0 Å². The standard InChI is InChI=1S/C21H22ClN7O2/c1-2-29-11-25-16-15(12-4-3-5-13(22)10-12)26-17(18-21(23)28-31-27-18)20(19(16)29)30-14-6-8-24-9-7-14/h3-5,10-11,14,24H,2,6-9H2,1H3,(H2,23,28). The molecule has 1 saturated heterocycles. The summed E-state index contributed by atoms with van der Waals surface area (Å²) in [5.74, 6) is 0.746. The monoisotopic (exact) mass is 439 g/mol. The molecule has 0 aliphatic carbocycles. The zero-order valence-electron chi connectivity index (χ0n) is 17.0. The number of halogens is 1. The van der Waals surface area contributed by atoms with E-state index in [0.717, 1.165) is 42.5 Å². The summed E-state index contributed by atoms with van der Waals surface area (Å²) in [7, 11) is 0. The van der Waals surface area contributed by atoms with Crippen LogP contribution < -0.4 is 15.8 Å². The number of nitrogens with one attached hydrogen (secondary N) is 1. The lowest BCUT2D eigenvalue weighted by molar-refractivity contribution is 0.164. The molecule has 0 atom stereocenters. The molecule has 0 spiro atoms. The van der Waals surface area contributed by atoms with Gasteiger partial charge in [-0.15, -0.1) is 0 Å². The van der Waals surface area contributed by atoms with Crippen LogP contribution in [0.15, 0.2) is 35.2 Å². The number of piperidine rings is 1. The molecule has 0 radical (unpaired) electrons. The highest BCUT2D eigenvalue weighted by Crippen LogP contribution is 2.41. The van der Waals surface area contributed by atoms with Crippen molar-refractivity contribution in [1.29, 1.82) is 0 Å². The van der Waals surface area contributed by atoms with Crippen molar-refractivity contribution in [3.05, 3.63) is 35.6 Å². The lowest BCUT2D eigenvalue weighted by atomic mass is 10.1. The number of nitrogens with two attached hydrogens (primary N) is 1. The number of hydrogen-bond acceptors (Lipinski definition) is 8. The molecule has 3 N–H and O–H groups in total. The normalized spacial score (nSPS) is 14.9. The molecule has 5 rings (SSSR count). The smallest absolute Gasteiger partial charge is 0.198 e. The third-order valence-corrected chi connectivity index (χ3v) is 5.70. The molecular weight excluding hydrogens is 418 g/mol. The van der Waals surface area contributed by atoms with Crippen molar-refractivity contribution in [2.75, 3.05) is 18.8 Å². The fourth-order valence-electron chi connectivity index (χ4n) is 3.91. The minimum absolute atomic E-state index is 0.0447. The molecule has 0 saturated carbocycles. The Kier molecular flexibility index (Phi) is 5.21. The Morgan fingerprint density at radius 3 is 2.77 bits per heavy atom. The molecular formula is C21H22ClN7O2. The minimum atomic E-state index is 0.0447. The Morgan fingerprint density at radius 1 is 1.23 bits per heavy atom. The van der Waals surface area contributed by atoms with Crippen molar-refractivity contribution in [1.82, 2.24) is 30.2 Å². The van der Waals surface area contributed by atoms with Gasteiger partial charge in [-0.1, -0.05) is 23.7 Å². The van der Waals surface area contributed by atoms with Crippen molar-refractivity contribution < 1.29 is 9.37 Å². The van der Waals surface area contributed by atoms with Crippen molar-refractivity contribution in [3.63, 3.8) is 0 Å². The maximum atomic E-state index is 6.54. The fourth-order valence-corrected chi connectivity index (χ4v) is 4.10. The highest BCUT2D eigenvalue weighted by Gasteiger charge is 2.28. The minimum Gasteiger partial charge on any atom is -0.486 e. The van der Waals surface area contributed by atoms with Crippen LogP contribution in [0.3, 0.4) is 0 Å². The van der Waals surface area contributed by atoms with E-state index in [0.29, 0.717) is 34.4 Å². The number of pyridine rings is 1. The molecule has 9 nitrogen and oxygen atoms in total. The molecule has 0 bridgehead atoms. The number of hydrogen-bond donors (Lipinski definition) is 2. The van der Waals surface area contributed by atoms with Gasteiger partial charge in [0.1, 0.15) is 22.8 Å². The van der Waals surface area contributed by atoms with E-state index in [2.05, 4.69) is 27.5 Å². The number of aromatic nitrogens is 5. The van der Waals surface area contributed by atoms with Gasteiger partial charge in [0.25, 0.3) is 0 Å². The first-order valence-corrected chi connectivity index (χ1v) is 10.6. The van der Waals surface area contributed by atoms with Gasteiger partial charge in [-0.25, -0.2) is 14.6 Å². The average Bonchev–Trinajstić information content (AvgIpc) is 3.41. The van der Waals surface area contributed by atoms with Gasteiger partial charge in [-0.2, -0.15) is 0 Å². The van der Waals surface area contributed by atoms with E-state index >= 15 is 0 Å². The summed E-state index contributed by atoms with van der Waals surface area (Å²) in [5, 5.41) is 11.7. The van der Waals surface area contributed by atoms with Crippen LogP contribution in [0, 0.1) is 0 Å². The number of anilines is 1. The Balaban J connectivity index is 1.79. The van der Waals surface area contributed by atoms with Crippen molar-refractivity contribution in [2.45, 2.75) is 32.4 Å². The summed E-state index contributed by atoms with van der Waals surface area (Å²) >= 11 is 6.26. The maximum Gasteiger partial charge on any atom is 0.198 e. The predicted octanol–water partition coefficient (Wildman–Crippen LogP) is 3.53. The summed E-state index contributed by atoms with van der Waals surface area (Å²) < 4.78 is 13.5. The second-order valence-electron chi connectivity index (χ2n) is 7.44. The van der Waals surface area contributed by atoms with Crippen molar-refractivity contribution in [3.8, 4) is 28.4 Å². The van der Waals surface area contributed by atoms with E-state index in [1.807, 2.05) is 28.8 Å². The second kappa shape index (κ2) is 8.16. The number of ether oxygens (including phenoxy) is 1. The number of fused-ring (bicyclic) bond motifs is 1. The molecule has 0 unspecified atom stereocenters. The summed E-state index contributed by atoms with van der Waals surface area (Å²) in [6, 6.07) is 7.50. The highest BCUT2D eigenvalue weighted by atomic mass is 35.5. The van der Waals surface area contributed by atoms with Crippen LogP contribution >= 0.6 is 11.6 Å². The van der Waals surface area contributed by atoms with E-state index in [-0.39, 0.29) is 11.9 Å². The van der Waals surface area contributed by atoms with E-state index in [4.69, 9.17) is 31.7 Å². The molecule has 160 valence electrons. The molecule has 10 heteroatoms. The van der Waals surface area contributed by atoms with Gasteiger partial charge < -0.3 is 20.4 Å². The van der Waals surface area contributed by atoms with Crippen LogP contribution in [0.1, 0.15) is 19.8 Å². The van der Waals surface area contributed by atoms with E-state index in [1.54, 1.807) is 6.33 Å². The van der Waals surface area contributed by atoms with Crippen LogP contribution in [-0.2, 0) is 6.54 Å². The Morgan fingerprint density at radius 2 is 2.06 bits per heavy atom. The summed E-state index contributed by atoms with van der Waals surface area (Å²) in [4.78, 5) is 9.58. The number of rotatable bonds is 5. The molecule has 1 fully saturated rings. The topological polar surface area (TPSA) is 117 Å². The lowest BCUT2D eigenvalue weighted by Gasteiger charge is -2.25. The van der Waals surface area contributed by atoms with Gasteiger partial charge in [0, 0.05) is 17.1 Å². The molecule has 1 aliphatic rings. The Bertz CT molecular complexity index is 1230. The lowest BCUT2D eigenvalue weighted by Crippen LogP contribution is -2.34. The van der Waals surface area contributed by atoms with Gasteiger partial charge in [0.2, 0.25) is 0 Å². The molecule has 1 aromatic carbocycles. The summed E-state index contributed by atoms with van der Waals surface area (Å²) in [5.41, 5.74) is 9.96. The number of imidazole rings is 1. The second-order valence-corrected chi connectivity index (χ2v) is 7.88. The Hall–Kier alpha value is -3.17. The average molecular weight is 440 g/mol. The first-order chi connectivity index (χ1) is 15.2. The van der Waals surface area contributed by atoms with Gasteiger partial charge in [-0.05, 0) is 55.3 Å². The zero-order chi connectivity index (χ0) is 21.4. The van der Waals surface area contributed by atoms with Crippen LogP contribution in [-0.4, -0.2) is 44.0 Å². The van der Waals surface area contributed by atoms with Gasteiger partial charge in [-0.3, -0.25) is 0 Å². The van der Waals surface area contributed by atoms with E-state index in [1.165, 1.54) is 0 Å². The first-order valence-electron chi connectivity index (χ1n) is 10.3. The third kappa shape index (κ3) is 3.60. The van der Waals surface area contributed by atoms with Crippen LogP contribution in [0.2, 0.25) is 5.02 Å². The van der Waals surface area contributed by atoms with E-state index < -0.39 is 0 Å². The largest absolute Gasteiger partial charge is 0.486 e. The Labute approximate surface area is 183 Å². The van der Waals surface area contributed by atoms with Crippen LogP contribution in [0.25, 0.3) is 33.7 Å². The predicted molar refractivity (Wildman–Crippen MR) is 118 cm³/mol. The molecule has 0 amide bonds. The van der Waals surface area contributed by atoms with Gasteiger partial charge in [0.15, 0.2) is 17.3 Å². The molecule has 4 aromatic rings. The van der Waals surface area contributed by atoms with Gasteiger partial charge in [0.05, 0.1) is 12.0 Å². The van der Waals surface area contributed by atoms with Crippen molar-refractivity contribution >= 4 is 28.5 Å². The summed E-state index contributed by atoms with van der Waals surface area (Å²) in [6.07, 6.45) is 3.63. The highest BCUT2D eigenvalue weighted by molar-refractivity contribution is 6.30. The molecule has 1 aliphatic heterocycles. The number of aryl methyl sites for hydroxylation is 1. The zero-order valence-corrected chi connectivity index (χ0v) is 17.8. The third-order valence-electron chi connectivity index (χ3n) is 5.46. The molecule has 4 heterocycles. The maximum absolute atomic E-state index is 6.54. The molecule has 3 aromatic heterocycles. The fraction of sp³-hybridized carbons (Fsp3) is 0.333. The number of nitrogen functional groups attached to an aromatic ring is 1.